The molecule has 0 saturated heterocycles. The highest BCUT2D eigenvalue weighted by Gasteiger charge is 2.15. The third-order valence-corrected chi connectivity index (χ3v) is 4.04. The molecule has 1 N–H and O–H groups in total. The Labute approximate surface area is 103 Å². The van der Waals surface area contributed by atoms with Gasteiger partial charge in [-0.2, -0.15) is 16.9 Å². The van der Waals surface area contributed by atoms with E-state index in [4.69, 9.17) is 0 Å². The van der Waals surface area contributed by atoms with Crippen molar-refractivity contribution in [1.29, 1.82) is 0 Å². The summed E-state index contributed by atoms with van der Waals surface area (Å²) in [5.74, 6) is 2.46. The Bertz CT molecular complexity index is 295. The second-order valence-electron chi connectivity index (χ2n) is 3.95. The Morgan fingerprint density at radius 2 is 2.20 bits per heavy atom. The number of aromatic nitrogens is 2. The highest BCUT2D eigenvalue weighted by Crippen LogP contribution is 2.25. The summed E-state index contributed by atoms with van der Waals surface area (Å²) in [7, 11) is 1.84. The molecular formula is C10H17BrN2OS. The van der Waals surface area contributed by atoms with Crippen molar-refractivity contribution in [3.05, 3.63) is 16.4 Å². The van der Waals surface area contributed by atoms with Crippen LogP contribution in [0, 0.1) is 5.92 Å². The van der Waals surface area contributed by atoms with Crippen molar-refractivity contribution in [2.75, 3.05) is 11.5 Å². The van der Waals surface area contributed by atoms with Crippen molar-refractivity contribution in [3.8, 4) is 0 Å². The van der Waals surface area contributed by atoms with Gasteiger partial charge < -0.3 is 5.11 Å². The quantitative estimate of drug-likeness (QED) is 0.907. The fraction of sp³-hybridized carbons (Fsp3) is 0.700. The van der Waals surface area contributed by atoms with Gasteiger partial charge in [-0.15, -0.1) is 0 Å². The van der Waals surface area contributed by atoms with Crippen LogP contribution in [-0.4, -0.2) is 26.4 Å². The summed E-state index contributed by atoms with van der Waals surface area (Å²) >= 11 is 5.16. The predicted molar refractivity (Wildman–Crippen MR) is 68.0 cm³/mol. The zero-order valence-corrected chi connectivity index (χ0v) is 11.7. The fourth-order valence-corrected chi connectivity index (χ4v) is 2.89. The van der Waals surface area contributed by atoms with Crippen LogP contribution in [0.3, 0.4) is 0 Å². The first-order valence-electron chi connectivity index (χ1n) is 4.95. The maximum Gasteiger partial charge on any atom is 0.106 e. The van der Waals surface area contributed by atoms with Crippen LogP contribution < -0.4 is 0 Å². The summed E-state index contributed by atoms with van der Waals surface area (Å²) in [6.45, 7) is 4.36. The van der Waals surface area contributed by atoms with Crippen LogP contribution in [0.1, 0.15) is 25.6 Å². The number of rotatable bonds is 5. The first-order valence-corrected chi connectivity index (χ1v) is 6.90. The zero-order valence-electron chi connectivity index (χ0n) is 9.27. The van der Waals surface area contributed by atoms with Crippen LogP contribution in [-0.2, 0) is 7.05 Å². The highest BCUT2D eigenvalue weighted by molar-refractivity contribution is 9.10. The van der Waals surface area contributed by atoms with E-state index >= 15 is 0 Å². The van der Waals surface area contributed by atoms with Gasteiger partial charge in [0.1, 0.15) is 6.10 Å². The minimum absolute atomic E-state index is 0.448. The maximum atomic E-state index is 9.97. The van der Waals surface area contributed by atoms with E-state index in [1.165, 1.54) is 0 Å². The number of aliphatic hydroxyl groups excluding tert-OH is 1. The molecule has 0 aliphatic carbocycles. The lowest BCUT2D eigenvalue weighted by molar-refractivity contribution is 0.193. The first kappa shape index (κ1) is 13.1. The molecule has 1 atom stereocenters. The van der Waals surface area contributed by atoms with Gasteiger partial charge in [-0.25, -0.2) is 0 Å². The average molecular weight is 293 g/mol. The Kier molecular flexibility index (Phi) is 5.15. The molecule has 0 aromatic carbocycles. The molecule has 1 rings (SSSR count). The molecule has 1 unspecified atom stereocenters. The van der Waals surface area contributed by atoms with Crippen molar-refractivity contribution >= 4 is 27.7 Å². The summed E-state index contributed by atoms with van der Waals surface area (Å²) in [4.78, 5) is 0. The standard InChI is InChI=1S/C10H17BrN2OS/c1-7(2)5-15-6-9(14)10-8(11)4-12-13(10)3/h4,7,9,14H,5-6H2,1-3H3. The summed E-state index contributed by atoms with van der Waals surface area (Å²) in [6.07, 6.45) is 1.27. The van der Waals surface area contributed by atoms with Crippen molar-refractivity contribution in [1.82, 2.24) is 9.78 Å². The number of aliphatic hydroxyl groups is 1. The van der Waals surface area contributed by atoms with Gasteiger partial charge in [0.05, 0.1) is 16.4 Å². The number of aryl methyl sites for hydroxylation is 1. The van der Waals surface area contributed by atoms with Gasteiger partial charge in [0.25, 0.3) is 0 Å². The molecule has 5 heteroatoms. The SMILES string of the molecule is CC(C)CSCC(O)c1c(Br)cnn1C. The van der Waals surface area contributed by atoms with E-state index in [1.807, 2.05) is 7.05 Å². The van der Waals surface area contributed by atoms with E-state index < -0.39 is 6.10 Å². The molecule has 1 aromatic rings. The highest BCUT2D eigenvalue weighted by atomic mass is 79.9. The molecular weight excluding hydrogens is 276 g/mol. The van der Waals surface area contributed by atoms with Crippen LogP contribution >= 0.6 is 27.7 Å². The van der Waals surface area contributed by atoms with Crippen molar-refractivity contribution in [3.63, 3.8) is 0 Å². The molecule has 0 saturated carbocycles. The average Bonchev–Trinajstić information content (AvgIpc) is 2.45. The third-order valence-electron chi connectivity index (χ3n) is 1.98. The lowest BCUT2D eigenvalue weighted by Gasteiger charge is -2.12. The second-order valence-corrected chi connectivity index (χ2v) is 5.88. The van der Waals surface area contributed by atoms with Crippen LogP contribution in [0.25, 0.3) is 0 Å². The van der Waals surface area contributed by atoms with Crippen LogP contribution in [0.15, 0.2) is 10.7 Å². The number of hydrogen-bond donors (Lipinski definition) is 1. The zero-order chi connectivity index (χ0) is 11.4. The van der Waals surface area contributed by atoms with Gasteiger partial charge in [0.2, 0.25) is 0 Å². The van der Waals surface area contributed by atoms with Crippen molar-refractivity contribution in [2.24, 2.45) is 13.0 Å². The molecule has 0 spiro atoms. The van der Waals surface area contributed by atoms with Crippen LogP contribution in [0.2, 0.25) is 0 Å². The summed E-state index contributed by atoms with van der Waals surface area (Å²) in [5, 5.41) is 14.1. The van der Waals surface area contributed by atoms with Crippen LogP contribution in [0.4, 0.5) is 0 Å². The van der Waals surface area contributed by atoms with E-state index in [0.29, 0.717) is 5.92 Å². The van der Waals surface area contributed by atoms with Gasteiger partial charge in [-0.05, 0) is 27.6 Å². The second kappa shape index (κ2) is 5.92. The summed E-state index contributed by atoms with van der Waals surface area (Å²) in [5.41, 5.74) is 0.853. The van der Waals surface area contributed by atoms with Crippen molar-refractivity contribution in [2.45, 2.75) is 20.0 Å². The van der Waals surface area contributed by atoms with E-state index in [2.05, 4.69) is 34.9 Å². The lowest BCUT2D eigenvalue weighted by Crippen LogP contribution is -2.09. The number of halogens is 1. The molecule has 86 valence electrons. The number of hydrogen-bond acceptors (Lipinski definition) is 3. The predicted octanol–water partition coefficient (Wildman–Crippen LogP) is 2.61. The van der Waals surface area contributed by atoms with E-state index in [1.54, 1.807) is 22.6 Å². The Balaban J connectivity index is 2.50. The van der Waals surface area contributed by atoms with Gasteiger partial charge in [-0.3, -0.25) is 4.68 Å². The normalized spacial score (nSPS) is 13.5. The first-order chi connectivity index (χ1) is 7.02. The Hall–Kier alpha value is 0. The molecule has 15 heavy (non-hydrogen) atoms. The van der Waals surface area contributed by atoms with E-state index in [-0.39, 0.29) is 0 Å². The number of nitrogens with zero attached hydrogens (tertiary/aromatic N) is 2. The molecule has 0 radical (unpaired) electrons. The minimum Gasteiger partial charge on any atom is -0.386 e. The topological polar surface area (TPSA) is 38.1 Å². The molecule has 0 fully saturated rings. The smallest absolute Gasteiger partial charge is 0.106 e. The van der Waals surface area contributed by atoms with Gasteiger partial charge in [0.15, 0.2) is 0 Å². The van der Waals surface area contributed by atoms with Gasteiger partial charge in [0, 0.05) is 12.8 Å². The molecule has 1 heterocycles. The summed E-state index contributed by atoms with van der Waals surface area (Å²) < 4.78 is 2.59. The largest absolute Gasteiger partial charge is 0.386 e. The third kappa shape index (κ3) is 3.81. The molecule has 0 aliphatic rings. The summed E-state index contributed by atoms with van der Waals surface area (Å²) in [6, 6.07) is 0. The minimum atomic E-state index is -0.448. The maximum absolute atomic E-state index is 9.97. The van der Waals surface area contributed by atoms with Gasteiger partial charge in [-0.1, -0.05) is 13.8 Å². The lowest BCUT2D eigenvalue weighted by atomic mass is 10.3. The van der Waals surface area contributed by atoms with Gasteiger partial charge >= 0.3 is 0 Å². The molecule has 0 bridgehead atoms. The monoisotopic (exact) mass is 292 g/mol. The molecule has 1 aromatic heterocycles. The Morgan fingerprint density at radius 3 is 2.67 bits per heavy atom. The molecule has 0 amide bonds. The van der Waals surface area contributed by atoms with Crippen LogP contribution in [0.5, 0.6) is 0 Å². The molecule has 3 nitrogen and oxygen atoms in total. The molecule has 0 aliphatic heterocycles. The fourth-order valence-electron chi connectivity index (χ4n) is 1.29. The number of thioether (sulfide) groups is 1. The van der Waals surface area contributed by atoms with E-state index in [9.17, 15) is 5.11 Å². The van der Waals surface area contributed by atoms with Crippen molar-refractivity contribution < 1.29 is 5.11 Å². The van der Waals surface area contributed by atoms with E-state index in [0.717, 1.165) is 21.7 Å². The Morgan fingerprint density at radius 1 is 1.53 bits per heavy atom.